The zero-order valence-electron chi connectivity index (χ0n) is 30.8. The van der Waals surface area contributed by atoms with Gasteiger partial charge >= 0.3 is 0 Å². The van der Waals surface area contributed by atoms with Crippen molar-refractivity contribution in [2.45, 2.75) is 56.4 Å². The molecule has 1 saturated heterocycles. The molecule has 2 N–H and O–H groups in total. The topological polar surface area (TPSA) is 58.9 Å². The Morgan fingerprint density at radius 2 is 0.759 bits per heavy atom. The summed E-state index contributed by atoms with van der Waals surface area (Å²) in [6, 6.07) is 48.7. The number of nitrogens with zero attached hydrogens (tertiary/aromatic N) is 1. The van der Waals surface area contributed by atoms with Crippen LogP contribution in [0.1, 0.15) is 76.6 Å². The van der Waals surface area contributed by atoms with E-state index in [0.717, 1.165) is 110 Å². The molecule has 1 fully saturated rings. The van der Waals surface area contributed by atoms with E-state index >= 15 is 0 Å². The van der Waals surface area contributed by atoms with Crippen molar-refractivity contribution >= 4 is 0 Å². The summed E-state index contributed by atoms with van der Waals surface area (Å²) in [5.74, 6) is 1.59. The molecule has 3 aliphatic heterocycles. The molecule has 6 aromatic rings. The van der Waals surface area contributed by atoms with Gasteiger partial charge in [0, 0.05) is 33.4 Å². The molecule has 9 rings (SSSR count). The van der Waals surface area contributed by atoms with Crippen LogP contribution in [0.25, 0.3) is 11.1 Å². The molecule has 3 heterocycles. The summed E-state index contributed by atoms with van der Waals surface area (Å²) in [4.78, 5) is 0. The second kappa shape index (κ2) is 14.2. The fourth-order valence-electron chi connectivity index (χ4n) is 9.51. The first-order chi connectivity index (χ1) is 26.5. The van der Waals surface area contributed by atoms with E-state index in [2.05, 4.69) is 24.3 Å². The molecule has 0 radical (unpaired) electrons. The number of aliphatic hydroxyl groups is 2. The SMILES string of the molecule is OC(c1ccccc1)(c1ccccc1)c1ccc2c3c1C[N+]1(CCCCC1)Cc1c(C(O)(c4ccccc4)c4ccccc4)ccc(c1-3)OCCCCO2. The first-order valence-corrected chi connectivity index (χ1v) is 19.6. The molecule has 3 aliphatic rings. The molecule has 6 aromatic carbocycles. The fourth-order valence-corrected chi connectivity index (χ4v) is 9.51. The summed E-state index contributed by atoms with van der Waals surface area (Å²) in [6.07, 6.45) is 5.17. The summed E-state index contributed by atoms with van der Waals surface area (Å²) >= 11 is 0. The van der Waals surface area contributed by atoms with Crippen molar-refractivity contribution in [3.05, 3.63) is 190 Å². The van der Waals surface area contributed by atoms with Crippen molar-refractivity contribution in [3.8, 4) is 22.6 Å². The predicted molar refractivity (Wildman–Crippen MR) is 213 cm³/mol. The smallest absolute Gasteiger partial charge is 0.141 e. The largest absolute Gasteiger partial charge is 0.493 e. The Labute approximate surface area is 318 Å². The van der Waals surface area contributed by atoms with Gasteiger partial charge in [0.2, 0.25) is 0 Å². The third kappa shape index (κ3) is 5.83. The molecular weight excluding hydrogens is 667 g/mol. The maximum atomic E-state index is 13.5. The van der Waals surface area contributed by atoms with Gasteiger partial charge in [-0.15, -0.1) is 0 Å². The van der Waals surface area contributed by atoms with E-state index in [1.165, 1.54) is 6.42 Å². The van der Waals surface area contributed by atoms with Gasteiger partial charge in [-0.1, -0.05) is 133 Å². The minimum atomic E-state index is -1.44. The number of hydrogen-bond acceptors (Lipinski definition) is 4. The van der Waals surface area contributed by atoms with Crippen molar-refractivity contribution in [1.82, 2.24) is 0 Å². The van der Waals surface area contributed by atoms with Crippen LogP contribution in [0.3, 0.4) is 0 Å². The van der Waals surface area contributed by atoms with Crippen molar-refractivity contribution in [2.24, 2.45) is 0 Å². The van der Waals surface area contributed by atoms with E-state index in [1.807, 2.05) is 121 Å². The van der Waals surface area contributed by atoms with E-state index in [-0.39, 0.29) is 0 Å². The Balaban J connectivity index is 1.41. The molecule has 54 heavy (non-hydrogen) atoms. The maximum absolute atomic E-state index is 13.5. The van der Waals surface area contributed by atoms with Crippen LogP contribution >= 0.6 is 0 Å². The van der Waals surface area contributed by atoms with Crippen LogP contribution in [0.15, 0.2) is 146 Å². The number of piperidine rings is 1. The Hall–Kier alpha value is -5.20. The van der Waals surface area contributed by atoms with E-state index < -0.39 is 11.2 Å². The van der Waals surface area contributed by atoms with Crippen LogP contribution < -0.4 is 9.47 Å². The van der Waals surface area contributed by atoms with Gasteiger partial charge in [-0.3, -0.25) is 0 Å². The molecule has 0 aliphatic carbocycles. The average molecular weight is 715 g/mol. The van der Waals surface area contributed by atoms with Gasteiger partial charge in [-0.05, 0) is 66.5 Å². The Bertz CT molecular complexity index is 2000. The van der Waals surface area contributed by atoms with Crippen molar-refractivity contribution in [2.75, 3.05) is 26.3 Å². The van der Waals surface area contributed by atoms with Gasteiger partial charge in [-0.2, -0.15) is 0 Å². The summed E-state index contributed by atoms with van der Waals surface area (Å²) < 4.78 is 14.4. The maximum Gasteiger partial charge on any atom is 0.141 e. The second-order valence-corrected chi connectivity index (χ2v) is 15.4. The van der Waals surface area contributed by atoms with E-state index in [9.17, 15) is 10.2 Å². The lowest BCUT2D eigenvalue weighted by molar-refractivity contribution is -0.957. The summed E-state index contributed by atoms with van der Waals surface area (Å²) in [7, 11) is 0. The molecule has 5 nitrogen and oxygen atoms in total. The molecule has 272 valence electrons. The van der Waals surface area contributed by atoms with Crippen molar-refractivity contribution < 1.29 is 24.2 Å². The third-order valence-corrected chi connectivity index (χ3v) is 12.2. The normalized spacial score (nSPS) is 16.7. The van der Waals surface area contributed by atoms with Crippen LogP contribution in [0.5, 0.6) is 11.5 Å². The zero-order valence-corrected chi connectivity index (χ0v) is 30.8. The van der Waals surface area contributed by atoms with Crippen LogP contribution in [0.2, 0.25) is 0 Å². The number of benzene rings is 6. The summed E-state index contributed by atoms with van der Waals surface area (Å²) in [5.41, 5.74) is 6.17. The molecule has 0 aromatic heterocycles. The Kier molecular flexibility index (Phi) is 9.10. The highest BCUT2D eigenvalue weighted by Crippen LogP contribution is 2.54. The molecule has 0 unspecified atom stereocenters. The van der Waals surface area contributed by atoms with Crippen LogP contribution in [0, 0.1) is 0 Å². The van der Waals surface area contributed by atoms with Crippen molar-refractivity contribution in [3.63, 3.8) is 0 Å². The second-order valence-electron chi connectivity index (χ2n) is 15.4. The molecule has 1 spiro atoms. The highest BCUT2D eigenvalue weighted by Gasteiger charge is 2.46. The van der Waals surface area contributed by atoms with Crippen molar-refractivity contribution in [1.29, 1.82) is 0 Å². The fraction of sp³-hybridized carbons (Fsp3) is 0.265. The predicted octanol–water partition coefficient (Wildman–Crippen LogP) is 9.49. The quantitative estimate of drug-likeness (QED) is 0.133. The zero-order chi connectivity index (χ0) is 36.6. The minimum absolute atomic E-state index is 0.569. The van der Waals surface area contributed by atoms with Gasteiger partial charge < -0.3 is 24.2 Å². The van der Waals surface area contributed by atoms with Crippen LogP contribution in [-0.2, 0) is 24.3 Å². The molecule has 0 saturated carbocycles. The van der Waals surface area contributed by atoms with Gasteiger partial charge in [-0.25, -0.2) is 0 Å². The monoisotopic (exact) mass is 714 g/mol. The summed E-state index contributed by atoms with van der Waals surface area (Å²) in [6.45, 7) is 4.56. The molecule has 0 atom stereocenters. The van der Waals surface area contributed by atoms with E-state index in [0.29, 0.717) is 26.3 Å². The highest BCUT2D eigenvalue weighted by atomic mass is 16.5. The van der Waals surface area contributed by atoms with Crippen LogP contribution in [-0.4, -0.2) is 41.0 Å². The number of quaternary nitrogens is 1. The Morgan fingerprint density at radius 3 is 1.11 bits per heavy atom. The van der Waals surface area contributed by atoms with Gasteiger partial charge in [0.25, 0.3) is 0 Å². The minimum Gasteiger partial charge on any atom is -0.493 e. The highest BCUT2D eigenvalue weighted by molar-refractivity contribution is 5.85. The van der Waals surface area contributed by atoms with E-state index in [4.69, 9.17) is 9.47 Å². The number of hydrogen-bond donors (Lipinski definition) is 2. The van der Waals surface area contributed by atoms with Gasteiger partial charge in [0.15, 0.2) is 0 Å². The lowest BCUT2D eigenvalue weighted by Crippen LogP contribution is -2.50. The van der Waals surface area contributed by atoms with E-state index in [1.54, 1.807) is 0 Å². The lowest BCUT2D eigenvalue weighted by atomic mass is 9.74. The first-order valence-electron chi connectivity index (χ1n) is 19.6. The molecular formula is C49H48NO4+. The lowest BCUT2D eigenvalue weighted by Gasteiger charge is -2.43. The van der Waals surface area contributed by atoms with Crippen LogP contribution in [0.4, 0.5) is 0 Å². The average Bonchev–Trinajstić information content (AvgIpc) is 3.38. The first kappa shape index (κ1) is 34.6. The third-order valence-electron chi connectivity index (χ3n) is 12.2. The number of rotatable bonds is 6. The summed E-state index contributed by atoms with van der Waals surface area (Å²) in [5, 5.41) is 26.9. The molecule has 0 amide bonds. The molecule has 0 bridgehead atoms. The standard InChI is InChI=1S/C49H48NO4/c51-48(36-18-6-1-7-19-36,37-20-8-2-9-21-37)42-26-28-44-46-40(42)34-50(30-14-5-15-31-50)35-41-43(27-29-45(47(41)46)54-33-17-16-32-53-44)49(52,38-22-10-3-11-23-38)39-24-12-4-13-25-39/h1-4,6-13,18-29,51-52H,5,14-17,30-35H2/q+1. The van der Waals surface area contributed by atoms with Gasteiger partial charge in [0.1, 0.15) is 35.8 Å². The number of ether oxygens (including phenoxy) is 2. The Morgan fingerprint density at radius 1 is 0.407 bits per heavy atom. The van der Waals surface area contributed by atoms with Gasteiger partial charge in [0.05, 0.1) is 26.3 Å². The molecule has 5 heteroatoms.